The monoisotopic (exact) mass is 447 g/mol. The van der Waals surface area contributed by atoms with Gasteiger partial charge in [0.05, 0.1) is 20.3 Å². The van der Waals surface area contributed by atoms with E-state index in [2.05, 4.69) is 12.2 Å². The number of ether oxygens (including phenoxy) is 4. The Morgan fingerprint density at radius 3 is 2.33 bits per heavy atom. The van der Waals surface area contributed by atoms with Gasteiger partial charge in [-0.3, -0.25) is 4.79 Å². The largest absolute Gasteiger partial charge is 0.493 e. The molecule has 0 radical (unpaired) electrons. The van der Waals surface area contributed by atoms with Gasteiger partial charge in [0.1, 0.15) is 5.75 Å². The number of nitrogens with one attached hydrogen (secondary N) is 1. The highest BCUT2D eigenvalue weighted by Crippen LogP contribution is 2.31. The Kier molecular flexibility index (Phi) is 8.77. The molecule has 6 nitrogen and oxygen atoms in total. The summed E-state index contributed by atoms with van der Waals surface area (Å²) in [6.45, 7) is 5.14. The second-order valence-corrected chi connectivity index (χ2v) is 7.09. The Bertz CT molecular complexity index is 1080. The fourth-order valence-electron chi connectivity index (χ4n) is 3.02. The molecule has 0 heterocycles. The summed E-state index contributed by atoms with van der Waals surface area (Å²) in [5.74, 6) is 3.05. The topological polar surface area (TPSA) is 66.0 Å². The Morgan fingerprint density at radius 2 is 1.64 bits per heavy atom. The van der Waals surface area contributed by atoms with Gasteiger partial charge in [-0.1, -0.05) is 25.1 Å². The zero-order valence-electron chi connectivity index (χ0n) is 19.2. The third-order valence-electron chi connectivity index (χ3n) is 4.58. The first-order valence-electron chi connectivity index (χ1n) is 10.9. The Balaban J connectivity index is 1.60. The maximum Gasteiger partial charge on any atom is 0.248 e. The Hall–Kier alpha value is -3.93. The van der Waals surface area contributed by atoms with Crippen LogP contribution in [0.15, 0.2) is 72.8 Å². The Labute approximate surface area is 194 Å². The van der Waals surface area contributed by atoms with Crippen molar-refractivity contribution in [3.05, 3.63) is 78.4 Å². The number of hydrogen-bond acceptors (Lipinski definition) is 5. The third-order valence-corrected chi connectivity index (χ3v) is 4.58. The summed E-state index contributed by atoms with van der Waals surface area (Å²) in [6, 6.07) is 20.2. The molecule has 0 aliphatic heterocycles. The van der Waals surface area contributed by atoms with Gasteiger partial charge in [0.15, 0.2) is 23.0 Å². The van der Waals surface area contributed by atoms with Gasteiger partial charge in [0, 0.05) is 11.8 Å². The molecule has 1 amide bonds. The standard InChI is InChI=1S/C27H29NO5/c1-4-18-32-24-16-10-20(19-26(24)31-5-2)11-17-27(29)28-21-12-14-22(15-13-21)33-25-9-7-6-8-23(25)30-3/h6-17,19H,4-5,18H2,1-3H3,(H,28,29)/b17-11+. The number of hydrogen-bond donors (Lipinski definition) is 1. The molecule has 0 saturated carbocycles. The molecule has 3 rings (SSSR count). The smallest absolute Gasteiger partial charge is 0.248 e. The summed E-state index contributed by atoms with van der Waals surface area (Å²) in [5.41, 5.74) is 1.51. The predicted molar refractivity (Wildman–Crippen MR) is 131 cm³/mol. The highest BCUT2D eigenvalue weighted by molar-refractivity contribution is 6.02. The number of anilines is 1. The van der Waals surface area contributed by atoms with Crippen LogP contribution < -0.4 is 24.3 Å². The van der Waals surface area contributed by atoms with Gasteiger partial charge in [0.2, 0.25) is 5.91 Å². The fraction of sp³-hybridized carbons (Fsp3) is 0.222. The van der Waals surface area contributed by atoms with Crippen LogP contribution >= 0.6 is 0 Å². The number of amides is 1. The zero-order chi connectivity index (χ0) is 23.5. The first-order valence-corrected chi connectivity index (χ1v) is 10.9. The van der Waals surface area contributed by atoms with E-state index in [1.807, 2.05) is 49.4 Å². The molecule has 0 saturated heterocycles. The minimum absolute atomic E-state index is 0.238. The minimum Gasteiger partial charge on any atom is -0.493 e. The van der Waals surface area contributed by atoms with Crippen molar-refractivity contribution in [1.82, 2.24) is 0 Å². The molecule has 0 spiro atoms. The molecule has 0 unspecified atom stereocenters. The molecule has 3 aromatic carbocycles. The van der Waals surface area contributed by atoms with Crippen LogP contribution in [-0.2, 0) is 4.79 Å². The molecule has 0 fully saturated rings. The van der Waals surface area contributed by atoms with E-state index in [-0.39, 0.29) is 5.91 Å². The van der Waals surface area contributed by atoms with Crippen LogP contribution in [0.1, 0.15) is 25.8 Å². The van der Waals surface area contributed by atoms with E-state index >= 15 is 0 Å². The summed E-state index contributed by atoms with van der Waals surface area (Å²) in [5, 5.41) is 2.84. The second-order valence-electron chi connectivity index (χ2n) is 7.09. The average Bonchev–Trinajstić information content (AvgIpc) is 2.84. The maximum atomic E-state index is 12.4. The van der Waals surface area contributed by atoms with Gasteiger partial charge in [0.25, 0.3) is 0 Å². The van der Waals surface area contributed by atoms with Crippen LogP contribution in [0.4, 0.5) is 5.69 Å². The van der Waals surface area contributed by atoms with E-state index in [1.165, 1.54) is 6.08 Å². The van der Waals surface area contributed by atoms with Crippen molar-refractivity contribution in [2.24, 2.45) is 0 Å². The molecule has 0 bridgehead atoms. The molecule has 0 aliphatic rings. The van der Waals surface area contributed by atoms with Crippen molar-refractivity contribution in [2.45, 2.75) is 20.3 Å². The third kappa shape index (κ3) is 7.04. The number of methoxy groups -OCH3 is 1. The van der Waals surface area contributed by atoms with E-state index < -0.39 is 0 Å². The van der Waals surface area contributed by atoms with Crippen molar-refractivity contribution in [3.63, 3.8) is 0 Å². The number of benzene rings is 3. The quantitative estimate of drug-likeness (QED) is 0.348. The number of para-hydroxylation sites is 2. The summed E-state index contributed by atoms with van der Waals surface area (Å²) in [7, 11) is 1.60. The summed E-state index contributed by atoms with van der Waals surface area (Å²) < 4.78 is 22.5. The highest BCUT2D eigenvalue weighted by atomic mass is 16.5. The number of carbonyl (C=O) groups excluding carboxylic acids is 1. The molecular formula is C27H29NO5. The van der Waals surface area contributed by atoms with Crippen LogP contribution in [0.5, 0.6) is 28.7 Å². The lowest BCUT2D eigenvalue weighted by Gasteiger charge is -2.12. The number of rotatable bonds is 11. The minimum atomic E-state index is -0.238. The second kappa shape index (κ2) is 12.2. The van der Waals surface area contributed by atoms with Crippen molar-refractivity contribution in [2.75, 3.05) is 25.6 Å². The fourth-order valence-corrected chi connectivity index (χ4v) is 3.02. The van der Waals surface area contributed by atoms with E-state index in [1.54, 1.807) is 37.5 Å². The molecule has 6 heteroatoms. The highest BCUT2D eigenvalue weighted by Gasteiger charge is 2.07. The molecule has 1 N–H and O–H groups in total. The molecule has 0 atom stereocenters. The molecule has 172 valence electrons. The van der Waals surface area contributed by atoms with Crippen LogP contribution in [0, 0.1) is 0 Å². The Morgan fingerprint density at radius 1 is 0.879 bits per heavy atom. The average molecular weight is 448 g/mol. The maximum absolute atomic E-state index is 12.4. The van der Waals surface area contributed by atoms with Crippen molar-refractivity contribution < 1.29 is 23.7 Å². The summed E-state index contributed by atoms with van der Waals surface area (Å²) in [4.78, 5) is 12.4. The van der Waals surface area contributed by atoms with Crippen LogP contribution in [0.2, 0.25) is 0 Å². The predicted octanol–water partition coefficient (Wildman–Crippen LogP) is 6.33. The van der Waals surface area contributed by atoms with E-state index in [0.29, 0.717) is 47.6 Å². The zero-order valence-corrected chi connectivity index (χ0v) is 19.2. The van der Waals surface area contributed by atoms with Gasteiger partial charge in [-0.2, -0.15) is 0 Å². The van der Waals surface area contributed by atoms with E-state index in [4.69, 9.17) is 18.9 Å². The van der Waals surface area contributed by atoms with Gasteiger partial charge in [-0.25, -0.2) is 0 Å². The molecule has 0 aromatic heterocycles. The normalized spacial score (nSPS) is 10.6. The van der Waals surface area contributed by atoms with Gasteiger partial charge in [-0.05, 0) is 73.5 Å². The van der Waals surface area contributed by atoms with Gasteiger partial charge in [-0.15, -0.1) is 0 Å². The first kappa shape index (κ1) is 23.7. The van der Waals surface area contributed by atoms with Crippen LogP contribution in [0.25, 0.3) is 6.08 Å². The van der Waals surface area contributed by atoms with Crippen molar-refractivity contribution in [3.8, 4) is 28.7 Å². The molecular weight excluding hydrogens is 418 g/mol. The summed E-state index contributed by atoms with van der Waals surface area (Å²) >= 11 is 0. The summed E-state index contributed by atoms with van der Waals surface area (Å²) in [6.07, 6.45) is 4.14. The molecule has 33 heavy (non-hydrogen) atoms. The lowest BCUT2D eigenvalue weighted by atomic mass is 10.2. The van der Waals surface area contributed by atoms with E-state index in [0.717, 1.165) is 12.0 Å². The molecule has 0 aliphatic carbocycles. The SMILES string of the molecule is CCCOc1ccc(/C=C/C(=O)Nc2ccc(Oc3ccccc3OC)cc2)cc1OCC. The van der Waals surface area contributed by atoms with Crippen LogP contribution in [-0.4, -0.2) is 26.2 Å². The van der Waals surface area contributed by atoms with Gasteiger partial charge < -0.3 is 24.3 Å². The molecule has 3 aromatic rings. The van der Waals surface area contributed by atoms with Crippen molar-refractivity contribution in [1.29, 1.82) is 0 Å². The van der Waals surface area contributed by atoms with E-state index in [9.17, 15) is 4.79 Å². The first-order chi connectivity index (χ1) is 16.1. The van der Waals surface area contributed by atoms with Crippen molar-refractivity contribution >= 4 is 17.7 Å². The lowest BCUT2D eigenvalue weighted by molar-refractivity contribution is -0.111. The number of carbonyl (C=O) groups is 1. The lowest BCUT2D eigenvalue weighted by Crippen LogP contribution is -2.07. The van der Waals surface area contributed by atoms with Gasteiger partial charge >= 0.3 is 0 Å². The van der Waals surface area contributed by atoms with Crippen LogP contribution in [0.3, 0.4) is 0 Å².